The molecule has 0 heterocycles. The highest BCUT2D eigenvalue weighted by atomic mass is 16.5. The van der Waals surface area contributed by atoms with Gasteiger partial charge in [0.15, 0.2) is 0 Å². The summed E-state index contributed by atoms with van der Waals surface area (Å²) in [6.07, 6.45) is -0.791. The Morgan fingerprint density at radius 1 is 1.04 bits per heavy atom. The van der Waals surface area contributed by atoms with Crippen LogP contribution in [0, 0.1) is 5.41 Å². The predicted molar refractivity (Wildman–Crippen MR) is 104 cm³/mol. The van der Waals surface area contributed by atoms with Gasteiger partial charge in [-0.05, 0) is 30.9 Å². The molecule has 0 aliphatic heterocycles. The van der Waals surface area contributed by atoms with Crippen LogP contribution in [0.4, 0.5) is 4.79 Å². The number of aliphatic hydroxyl groups excluding tert-OH is 1. The molecule has 0 fully saturated rings. The van der Waals surface area contributed by atoms with Crippen molar-refractivity contribution in [2.45, 2.75) is 38.5 Å². The van der Waals surface area contributed by atoms with Crippen molar-refractivity contribution in [3.05, 3.63) is 71.8 Å². The minimum Gasteiger partial charge on any atom is -0.480 e. The van der Waals surface area contributed by atoms with E-state index in [1.165, 1.54) is 0 Å². The highest BCUT2D eigenvalue weighted by Crippen LogP contribution is 2.10. The van der Waals surface area contributed by atoms with Gasteiger partial charge in [-0.25, -0.2) is 4.79 Å². The van der Waals surface area contributed by atoms with Gasteiger partial charge in [0.05, 0.1) is 12.6 Å². The van der Waals surface area contributed by atoms with Gasteiger partial charge in [-0.15, -0.1) is 0 Å². The summed E-state index contributed by atoms with van der Waals surface area (Å²) in [7, 11) is 0. The van der Waals surface area contributed by atoms with Crippen molar-refractivity contribution in [1.29, 1.82) is 5.41 Å². The molecule has 6 heteroatoms. The van der Waals surface area contributed by atoms with Gasteiger partial charge < -0.3 is 19.9 Å². The van der Waals surface area contributed by atoms with Gasteiger partial charge in [0, 0.05) is 0 Å². The quantitative estimate of drug-likeness (QED) is 0.467. The molecule has 2 aromatic carbocycles. The van der Waals surface area contributed by atoms with Crippen LogP contribution in [0.25, 0.3) is 0 Å². The fraction of sp³-hybridized carbons (Fsp3) is 0.333. The second-order valence-corrected chi connectivity index (χ2v) is 6.08. The molecule has 0 saturated carbocycles. The molecular weight excluding hydrogens is 344 g/mol. The predicted octanol–water partition coefficient (Wildman–Crippen LogP) is 3.29. The SMILES string of the molecule is CCOC(=N)C(O)[C@H](CCc1ccccc1)NC(=O)OCc1ccccc1. The zero-order chi connectivity index (χ0) is 19.5. The molecule has 0 bridgehead atoms. The number of carbonyl (C=O) groups excluding carboxylic acids is 1. The first-order valence-electron chi connectivity index (χ1n) is 9.00. The monoisotopic (exact) mass is 370 g/mol. The number of alkyl carbamates (subject to hydrolysis) is 1. The number of aliphatic hydroxyl groups is 1. The third kappa shape index (κ3) is 7.11. The first-order valence-corrected chi connectivity index (χ1v) is 9.00. The zero-order valence-corrected chi connectivity index (χ0v) is 15.4. The van der Waals surface area contributed by atoms with E-state index < -0.39 is 18.2 Å². The van der Waals surface area contributed by atoms with E-state index in [9.17, 15) is 9.90 Å². The number of hydrogen-bond acceptors (Lipinski definition) is 5. The third-order valence-electron chi connectivity index (χ3n) is 4.05. The van der Waals surface area contributed by atoms with Gasteiger partial charge in [-0.1, -0.05) is 60.7 Å². The van der Waals surface area contributed by atoms with Crippen molar-refractivity contribution in [1.82, 2.24) is 5.32 Å². The molecule has 144 valence electrons. The van der Waals surface area contributed by atoms with Gasteiger partial charge in [-0.2, -0.15) is 0 Å². The maximum atomic E-state index is 12.2. The Hall–Kier alpha value is -2.86. The van der Waals surface area contributed by atoms with Gasteiger partial charge >= 0.3 is 6.09 Å². The lowest BCUT2D eigenvalue weighted by molar-refractivity contribution is 0.111. The number of rotatable bonds is 9. The molecule has 0 aliphatic rings. The minimum atomic E-state index is -1.24. The third-order valence-corrected chi connectivity index (χ3v) is 4.05. The van der Waals surface area contributed by atoms with E-state index in [1.807, 2.05) is 60.7 Å². The molecule has 2 atom stereocenters. The molecule has 0 aromatic heterocycles. The molecule has 2 aromatic rings. The molecule has 3 N–H and O–H groups in total. The van der Waals surface area contributed by atoms with Crippen molar-refractivity contribution in [2.75, 3.05) is 6.61 Å². The summed E-state index contributed by atoms with van der Waals surface area (Å²) in [6.45, 7) is 2.15. The molecule has 1 unspecified atom stereocenters. The summed E-state index contributed by atoms with van der Waals surface area (Å²) in [5.74, 6) is -0.265. The summed E-state index contributed by atoms with van der Waals surface area (Å²) < 4.78 is 10.3. The first kappa shape index (κ1) is 20.5. The van der Waals surface area contributed by atoms with Crippen molar-refractivity contribution in [3.63, 3.8) is 0 Å². The normalized spacial score (nSPS) is 12.7. The van der Waals surface area contributed by atoms with E-state index in [0.717, 1.165) is 11.1 Å². The van der Waals surface area contributed by atoms with Crippen LogP contribution in [0.2, 0.25) is 0 Å². The largest absolute Gasteiger partial charge is 0.480 e. The fourth-order valence-corrected chi connectivity index (χ4v) is 2.62. The van der Waals surface area contributed by atoms with Crippen LogP contribution in [0.3, 0.4) is 0 Å². The average molecular weight is 370 g/mol. The van der Waals surface area contributed by atoms with Gasteiger partial charge in [-0.3, -0.25) is 5.41 Å². The molecule has 0 radical (unpaired) electrons. The molecule has 0 spiro atoms. The summed E-state index contributed by atoms with van der Waals surface area (Å²) in [6, 6.07) is 18.4. The molecule has 0 aliphatic carbocycles. The average Bonchev–Trinajstić information content (AvgIpc) is 2.70. The smallest absolute Gasteiger partial charge is 0.407 e. The number of benzene rings is 2. The fourth-order valence-electron chi connectivity index (χ4n) is 2.62. The summed E-state index contributed by atoms with van der Waals surface area (Å²) in [5.41, 5.74) is 1.95. The Morgan fingerprint density at radius 3 is 2.22 bits per heavy atom. The Balaban J connectivity index is 1.95. The van der Waals surface area contributed by atoms with Crippen LogP contribution >= 0.6 is 0 Å². The van der Waals surface area contributed by atoms with Crippen LogP contribution in [-0.4, -0.2) is 35.9 Å². The Morgan fingerprint density at radius 2 is 1.63 bits per heavy atom. The van der Waals surface area contributed by atoms with E-state index in [4.69, 9.17) is 14.9 Å². The lowest BCUT2D eigenvalue weighted by Crippen LogP contribution is -2.47. The molecular formula is C21H26N2O4. The van der Waals surface area contributed by atoms with Crippen LogP contribution in [-0.2, 0) is 22.5 Å². The lowest BCUT2D eigenvalue weighted by Gasteiger charge is -2.24. The van der Waals surface area contributed by atoms with Gasteiger partial charge in [0.25, 0.3) is 0 Å². The Labute approximate surface area is 159 Å². The van der Waals surface area contributed by atoms with Crippen LogP contribution in [0.1, 0.15) is 24.5 Å². The van der Waals surface area contributed by atoms with Crippen molar-refractivity contribution < 1.29 is 19.4 Å². The van der Waals surface area contributed by atoms with Crippen LogP contribution < -0.4 is 5.32 Å². The van der Waals surface area contributed by atoms with Crippen molar-refractivity contribution in [2.24, 2.45) is 0 Å². The van der Waals surface area contributed by atoms with Crippen LogP contribution in [0.5, 0.6) is 0 Å². The van der Waals surface area contributed by atoms with E-state index in [0.29, 0.717) is 12.8 Å². The molecule has 2 rings (SSSR count). The topological polar surface area (TPSA) is 91.6 Å². The number of hydrogen-bond donors (Lipinski definition) is 3. The maximum Gasteiger partial charge on any atom is 0.407 e. The standard InChI is InChI=1S/C21H26N2O4/c1-2-26-20(22)19(24)18(14-13-16-9-5-3-6-10-16)23-21(25)27-15-17-11-7-4-8-12-17/h3-12,18-19,22,24H,2,13-15H2,1H3,(H,23,25)/t18-,19?/m0/s1. The molecule has 0 saturated heterocycles. The Kier molecular flexibility index (Phi) is 8.32. The zero-order valence-electron chi connectivity index (χ0n) is 15.4. The molecule has 27 heavy (non-hydrogen) atoms. The van der Waals surface area contributed by atoms with E-state index >= 15 is 0 Å². The number of nitrogens with one attached hydrogen (secondary N) is 2. The van der Waals surface area contributed by atoms with Crippen molar-refractivity contribution in [3.8, 4) is 0 Å². The second-order valence-electron chi connectivity index (χ2n) is 6.08. The van der Waals surface area contributed by atoms with Gasteiger partial charge in [0.1, 0.15) is 12.7 Å². The molecule has 6 nitrogen and oxygen atoms in total. The van der Waals surface area contributed by atoms with Crippen molar-refractivity contribution >= 4 is 12.0 Å². The lowest BCUT2D eigenvalue weighted by atomic mass is 10.0. The number of carbonyl (C=O) groups is 1. The summed E-state index contributed by atoms with van der Waals surface area (Å²) in [5, 5.41) is 20.9. The van der Waals surface area contributed by atoms with E-state index in [2.05, 4.69) is 5.32 Å². The number of ether oxygens (including phenoxy) is 2. The van der Waals surface area contributed by atoms with E-state index in [1.54, 1.807) is 6.92 Å². The maximum absolute atomic E-state index is 12.2. The minimum absolute atomic E-state index is 0.136. The van der Waals surface area contributed by atoms with Crippen LogP contribution in [0.15, 0.2) is 60.7 Å². The summed E-state index contributed by atoms with van der Waals surface area (Å²) in [4.78, 5) is 12.2. The molecule has 1 amide bonds. The highest BCUT2D eigenvalue weighted by molar-refractivity contribution is 5.79. The Bertz CT molecular complexity index is 707. The van der Waals surface area contributed by atoms with Gasteiger partial charge in [0.2, 0.25) is 5.90 Å². The number of amides is 1. The number of aryl methyl sites for hydroxylation is 1. The summed E-state index contributed by atoms with van der Waals surface area (Å²) >= 11 is 0. The second kappa shape index (κ2) is 11.0. The first-order chi connectivity index (χ1) is 13.1. The van der Waals surface area contributed by atoms with E-state index in [-0.39, 0.29) is 19.1 Å². The highest BCUT2D eigenvalue weighted by Gasteiger charge is 2.26.